The van der Waals surface area contributed by atoms with Gasteiger partial charge in [0.2, 0.25) is 0 Å². The summed E-state index contributed by atoms with van der Waals surface area (Å²) in [5, 5.41) is 4.58. The van der Waals surface area contributed by atoms with Gasteiger partial charge in [-0.1, -0.05) is 37.6 Å². The number of carbonyl (C=O) groups is 2. The molecule has 1 aromatic heterocycles. The highest BCUT2D eigenvalue weighted by Crippen LogP contribution is 2.35. The summed E-state index contributed by atoms with van der Waals surface area (Å²) in [5.74, 6) is -0.0368. The molecule has 36 heavy (non-hydrogen) atoms. The normalized spacial score (nSPS) is 16.7. The third-order valence-electron chi connectivity index (χ3n) is 5.73. The van der Waals surface area contributed by atoms with Crippen LogP contribution in [0.3, 0.4) is 0 Å². The number of nitrogens with zero attached hydrogens (tertiary/aromatic N) is 3. The van der Waals surface area contributed by atoms with Gasteiger partial charge in [-0.3, -0.25) is 19.2 Å². The van der Waals surface area contributed by atoms with Gasteiger partial charge in [0, 0.05) is 23.0 Å². The quantitative estimate of drug-likeness (QED) is 0.365. The van der Waals surface area contributed by atoms with E-state index >= 15 is 0 Å². The molecule has 0 spiro atoms. The van der Waals surface area contributed by atoms with Crippen molar-refractivity contribution in [3.63, 3.8) is 0 Å². The molecule has 2 heterocycles. The minimum atomic E-state index is -4.54. The second-order valence-corrected chi connectivity index (χ2v) is 10.5. The van der Waals surface area contributed by atoms with Crippen molar-refractivity contribution in [2.24, 2.45) is 11.7 Å². The average molecular weight is 537 g/mol. The van der Waals surface area contributed by atoms with E-state index < -0.39 is 11.7 Å². The molecule has 0 radical (unpaired) electrons. The number of amides is 2. The summed E-state index contributed by atoms with van der Waals surface area (Å²) in [6.07, 6.45) is -0.677. The smallest absolute Gasteiger partial charge is 0.326 e. The van der Waals surface area contributed by atoms with Gasteiger partial charge in [0.15, 0.2) is 0 Å². The summed E-state index contributed by atoms with van der Waals surface area (Å²) in [7, 11) is 0. The van der Waals surface area contributed by atoms with Crippen LogP contribution in [0.25, 0.3) is 17.0 Å². The molecule has 3 aromatic rings. The second kappa shape index (κ2) is 10.3. The molecule has 190 valence electrons. The fourth-order valence-corrected chi connectivity index (χ4v) is 5.18. The number of aromatic nitrogens is 2. The molecular formula is C25H24ClF3N4O2S. The third kappa shape index (κ3) is 5.77. The van der Waals surface area contributed by atoms with Crippen molar-refractivity contribution in [1.82, 2.24) is 14.7 Å². The number of nitrogens with two attached hydrogens (primary N) is 1. The van der Waals surface area contributed by atoms with Crippen molar-refractivity contribution in [1.29, 1.82) is 0 Å². The van der Waals surface area contributed by atoms with Crippen molar-refractivity contribution in [2.45, 2.75) is 39.0 Å². The first kappa shape index (κ1) is 26.2. The van der Waals surface area contributed by atoms with E-state index in [1.54, 1.807) is 30.5 Å². The Bertz CT molecular complexity index is 1350. The number of hydrogen-bond donors (Lipinski definition) is 1. The van der Waals surface area contributed by atoms with Gasteiger partial charge in [-0.05, 0) is 65.6 Å². The van der Waals surface area contributed by atoms with Gasteiger partial charge in [-0.2, -0.15) is 18.3 Å². The molecule has 1 aliphatic heterocycles. The van der Waals surface area contributed by atoms with E-state index in [-0.39, 0.29) is 40.9 Å². The summed E-state index contributed by atoms with van der Waals surface area (Å²) < 4.78 is 41.9. The van der Waals surface area contributed by atoms with Crippen LogP contribution in [0.5, 0.6) is 0 Å². The summed E-state index contributed by atoms with van der Waals surface area (Å²) in [6, 6.07) is 8.59. The van der Waals surface area contributed by atoms with Crippen molar-refractivity contribution in [3.05, 3.63) is 69.2 Å². The summed E-state index contributed by atoms with van der Waals surface area (Å²) in [5.41, 5.74) is 6.62. The molecule has 4 rings (SSSR count). The van der Waals surface area contributed by atoms with Gasteiger partial charge in [0.1, 0.15) is 0 Å². The number of carbonyl (C=O) groups excluding carboxylic acids is 2. The van der Waals surface area contributed by atoms with Crippen LogP contribution >= 0.6 is 23.4 Å². The van der Waals surface area contributed by atoms with Crippen LogP contribution in [-0.2, 0) is 17.5 Å². The highest BCUT2D eigenvalue weighted by Gasteiger charge is 2.36. The van der Waals surface area contributed by atoms with Crippen molar-refractivity contribution in [3.8, 4) is 0 Å². The van der Waals surface area contributed by atoms with Crippen LogP contribution in [-0.4, -0.2) is 38.4 Å². The zero-order valence-corrected chi connectivity index (χ0v) is 21.1. The fourth-order valence-electron chi connectivity index (χ4n) is 4.16. The Labute approximate surface area is 215 Å². The third-order valence-corrected chi connectivity index (χ3v) is 6.87. The van der Waals surface area contributed by atoms with E-state index in [2.05, 4.69) is 5.10 Å². The standard InChI is InChI=1S/C25H24ClF3N4O2S/c1-14(2)7-19(30)13-32-23(34)22(36-24(32)35)9-15-3-6-21-17(8-15)11-31-33(21)12-16-4-5-18(26)10-20(16)25(27,28)29/h3-6,8-11,14,19H,7,12-13,30H2,1-2H3/t19-/m0/s1. The maximum absolute atomic E-state index is 13.5. The maximum atomic E-state index is 13.5. The molecule has 1 fully saturated rings. The molecule has 0 aliphatic carbocycles. The van der Waals surface area contributed by atoms with Gasteiger partial charge in [0.25, 0.3) is 11.1 Å². The number of fused-ring (bicyclic) bond motifs is 1. The first-order valence-corrected chi connectivity index (χ1v) is 12.4. The molecular weight excluding hydrogens is 513 g/mol. The molecule has 2 amide bonds. The topological polar surface area (TPSA) is 81.2 Å². The predicted octanol–water partition coefficient (Wildman–Crippen LogP) is 6.17. The molecule has 0 saturated carbocycles. The van der Waals surface area contributed by atoms with Gasteiger partial charge in [-0.25, -0.2) is 0 Å². The molecule has 0 unspecified atom stereocenters. The van der Waals surface area contributed by atoms with E-state index in [1.165, 1.54) is 21.7 Å². The van der Waals surface area contributed by atoms with E-state index in [1.807, 2.05) is 13.8 Å². The Balaban J connectivity index is 1.55. The molecule has 2 aromatic carbocycles. The lowest BCUT2D eigenvalue weighted by molar-refractivity contribution is -0.138. The molecule has 1 aliphatic rings. The summed E-state index contributed by atoms with van der Waals surface area (Å²) in [6.45, 7) is 4.12. The van der Waals surface area contributed by atoms with Crippen molar-refractivity contribution in [2.75, 3.05) is 6.54 Å². The molecule has 11 heteroatoms. The first-order valence-electron chi connectivity index (χ1n) is 11.2. The zero-order valence-electron chi connectivity index (χ0n) is 19.6. The maximum Gasteiger partial charge on any atom is 0.416 e. The number of alkyl halides is 3. The Morgan fingerprint density at radius 3 is 2.61 bits per heavy atom. The van der Waals surface area contributed by atoms with Crippen molar-refractivity contribution < 1.29 is 22.8 Å². The van der Waals surface area contributed by atoms with E-state index in [0.717, 1.165) is 17.8 Å². The Hall–Kier alpha value is -2.82. The molecule has 1 atom stereocenters. The number of thioether (sulfide) groups is 1. The largest absolute Gasteiger partial charge is 0.416 e. The van der Waals surface area contributed by atoms with Gasteiger partial charge >= 0.3 is 6.18 Å². The predicted molar refractivity (Wildman–Crippen MR) is 135 cm³/mol. The highest BCUT2D eigenvalue weighted by molar-refractivity contribution is 8.18. The minimum Gasteiger partial charge on any atom is -0.326 e. The lowest BCUT2D eigenvalue weighted by Gasteiger charge is -2.19. The van der Waals surface area contributed by atoms with Gasteiger partial charge in [0.05, 0.1) is 28.7 Å². The highest BCUT2D eigenvalue weighted by atomic mass is 35.5. The molecule has 0 bridgehead atoms. The van der Waals surface area contributed by atoms with Crippen molar-refractivity contribution >= 4 is 51.5 Å². The van der Waals surface area contributed by atoms with Gasteiger partial charge in [-0.15, -0.1) is 0 Å². The molecule has 6 nitrogen and oxygen atoms in total. The summed E-state index contributed by atoms with van der Waals surface area (Å²) in [4.78, 5) is 26.6. The lowest BCUT2D eigenvalue weighted by atomic mass is 10.0. The van der Waals surface area contributed by atoms with Crippen LogP contribution in [0.15, 0.2) is 47.5 Å². The number of hydrogen-bond acceptors (Lipinski definition) is 5. The van der Waals surface area contributed by atoms with Crippen LogP contribution in [0.4, 0.5) is 18.0 Å². The molecule has 1 saturated heterocycles. The number of rotatable bonds is 7. The van der Waals surface area contributed by atoms with Crippen LogP contribution in [0.1, 0.15) is 37.0 Å². The SMILES string of the molecule is CC(C)C[C@H](N)CN1C(=O)SC(=Cc2ccc3c(cnn3Cc3ccc(Cl)cc3C(F)(F)F)c2)C1=O. The fraction of sp³-hybridized carbons (Fsp3) is 0.320. The number of benzene rings is 2. The van der Waals surface area contributed by atoms with Crippen LogP contribution in [0.2, 0.25) is 5.02 Å². The van der Waals surface area contributed by atoms with Crippen LogP contribution < -0.4 is 5.73 Å². The lowest BCUT2D eigenvalue weighted by Crippen LogP contribution is -2.40. The first-order chi connectivity index (χ1) is 16.9. The zero-order chi connectivity index (χ0) is 26.2. The Morgan fingerprint density at radius 1 is 1.17 bits per heavy atom. The monoisotopic (exact) mass is 536 g/mol. The molecule has 2 N–H and O–H groups in total. The van der Waals surface area contributed by atoms with Gasteiger partial charge < -0.3 is 5.73 Å². The van der Waals surface area contributed by atoms with E-state index in [9.17, 15) is 22.8 Å². The van der Waals surface area contributed by atoms with Crippen LogP contribution in [0, 0.1) is 5.92 Å². The van der Waals surface area contributed by atoms with E-state index in [4.69, 9.17) is 17.3 Å². The number of halogens is 4. The average Bonchev–Trinajstić information content (AvgIpc) is 3.29. The Morgan fingerprint density at radius 2 is 1.92 bits per heavy atom. The minimum absolute atomic E-state index is 0.00681. The number of imide groups is 1. The van der Waals surface area contributed by atoms with E-state index in [0.29, 0.717) is 33.7 Å². The Kier molecular flexibility index (Phi) is 7.49. The second-order valence-electron chi connectivity index (χ2n) is 9.10. The summed E-state index contributed by atoms with van der Waals surface area (Å²) >= 11 is 6.64.